The Hall–Kier alpha value is -3.85. The second kappa shape index (κ2) is 9.07. The molecule has 1 N–H and O–H groups in total. The number of likely N-dealkylation sites (N-methyl/N-ethyl adjacent to an activating group) is 1. The first kappa shape index (κ1) is 22.9. The minimum Gasteiger partial charge on any atom is -0.307 e. The van der Waals surface area contributed by atoms with Crippen LogP contribution in [0.5, 0.6) is 0 Å². The molecule has 9 heteroatoms. The summed E-state index contributed by atoms with van der Waals surface area (Å²) in [6.07, 6.45) is 0.933. The topological polar surface area (TPSA) is 71.0 Å². The van der Waals surface area contributed by atoms with Gasteiger partial charge in [-0.1, -0.05) is 12.1 Å². The van der Waals surface area contributed by atoms with Gasteiger partial charge in [0, 0.05) is 29.9 Å². The number of anilines is 1. The molecule has 2 aromatic heterocycles. The Kier molecular flexibility index (Phi) is 5.94. The number of carbonyl (C=O) groups excluding carboxylic acids is 1. The first-order chi connectivity index (χ1) is 16.8. The molecule has 1 atom stereocenters. The Balaban J connectivity index is 1.41. The number of benzene rings is 2. The predicted octanol–water partition coefficient (Wildman–Crippen LogP) is 5.38. The third kappa shape index (κ3) is 4.85. The summed E-state index contributed by atoms with van der Waals surface area (Å²) in [5, 5.41) is 3.38. The minimum absolute atomic E-state index is 0.158. The van der Waals surface area contributed by atoms with Crippen LogP contribution < -0.4 is 5.32 Å². The summed E-state index contributed by atoms with van der Waals surface area (Å²) in [4.78, 5) is 27.4. The summed E-state index contributed by atoms with van der Waals surface area (Å²) in [6.45, 7) is 2.00. The van der Waals surface area contributed by atoms with Crippen LogP contribution in [0.3, 0.4) is 0 Å². The van der Waals surface area contributed by atoms with Gasteiger partial charge in [-0.2, -0.15) is 13.2 Å². The zero-order valence-electron chi connectivity index (χ0n) is 18.9. The highest BCUT2D eigenvalue weighted by molar-refractivity contribution is 6.04. The van der Waals surface area contributed by atoms with Gasteiger partial charge in [-0.15, -0.1) is 0 Å². The monoisotopic (exact) mass is 477 g/mol. The zero-order valence-corrected chi connectivity index (χ0v) is 18.9. The second-order valence-corrected chi connectivity index (χ2v) is 8.73. The van der Waals surface area contributed by atoms with Gasteiger partial charge in [0.2, 0.25) is 0 Å². The van der Waals surface area contributed by atoms with E-state index < -0.39 is 17.6 Å². The average molecular weight is 477 g/mol. The minimum atomic E-state index is -4.51. The van der Waals surface area contributed by atoms with Crippen molar-refractivity contribution < 1.29 is 18.0 Å². The van der Waals surface area contributed by atoms with Crippen molar-refractivity contribution in [2.75, 3.05) is 25.5 Å². The number of rotatable bonds is 4. The number of fused-ring (bicyclic) bond motifs is 1. The van der Waals surface area contributed by atoms with Crippen LogP contribution in [-0.4, -0.2) is 45.9 Å². The fourth-order valence-electron chi connectivity index (χ4n) is 4.48. The van der Waals surface area contributed by atoms with Gasteiger partial charge < -0.3 is 10.2 Å². The molecule has 0 radical (unpaired) electrons. The molecule has 0 aliphatic carbocycles. The van der Waals surface area contributed by atoms with Crippen molar-refractivity contribution >= 4 is 22.6 Å². The normalized spacial score (nSPS) is 16.5. The molecule has 0 spiro atoms. The molecule has 1 unspecified atom stereocenters. The standard InChI is InChI=1S/C26H22F3N5O/c1-34-9-7-18(14-34)22-11-19(10-20-13-30-15-32-24(20)22)16-2-4-17(5-3-16)25(35)33-23-12-21(6-8-31-23)26(27,28)29/h2-6,8,10-13,15,18H,7,9,14H2,1H3,(H,31,33,35). The van der Waals surface area contributed by atoms with Crippen LogP contribution in [-0.2, 0) is 6.18 Å². The molecule has 1 saturated heterocycles. The van der Waals surface area contributed by atoms with E-state index in [0.29, 0.717) is 11.5 Å². The van der Waals surface area contributed by atoms with E-state index in [1.807, 2.05) is 18.2 Å². The highest BCUT2D eigenvalue weighted by Crippen LogP contribution is 2.35. The molecule has 0 saturated carbocycles. The molecular weight excluding hydrogens is 455 g/mol. The van der Waals surface area contributed by atoms with Crippen molar-refractivity contribution in [1.82, 2.24) is 19.9 Å². The molecule has 3 heterocycles. The first-order valence-electron chi connectivity index (χ1n) is 11.2. The van der Waals surface area contributed by atoms with Crippen molar-refractivity contribution in [1.29, 1.82) is 0 Å². The maximum atomic E-state index is 12.9. The molecule has 6 nitrogen and oxygen atoms in total. The molecule has 178 valence electrons. The molecule has 5 rings (SSSR count). The van der Waals surface area contributed by atoms with Crippen molar-refractivity contribution in [2.24, 2.45) is 0 Å². The van der Waals surface area contributed by atoms with Crippen LogP contribution in [0.1, 0.15) is 33.8 Å². The lowest BCUT2D eigenvalue weighted by Crippen LogP contribution is -2.14. The number of amides is 1. The van der Waals surface area contributed by atoms with Crippen molar-refractivity contribution in [3.05, 3.63) is 83.9 Å². The number of likely N-dealkylation sites (tertiary alicyclic amines) is 1. The highest BCUT2D eigenvalue weighted by atomic mass is 19.4. The van der Waals surface area contributed by atoms with Crippen LogP contribution in [0.2, 0.25) is 0 Å². The molecule has 1 fully saturated rings. The fraction of sp³-hybridized carbons (Fsp3) is 0.231. The molecule has 0 bridgehead atoms. The molecule has 4 aromatic rings. The van der Waals surface area contributed by atoms with Crippen LogP contribution >= 0.6 is 0 Å². The van der Waals surface area contributed by atoms with Crippen molar-refractivity contribution in [2.45, 2.75) is 18.5 Å². The highest BCUT2D eigenvalue weighted by Gasteiger charge is 2.31. The lowest BCUT2D eigenvalue weighted by Gasteiger charge is -2.15. The SMILES string of the molecule is CN1CCC(c2cc(-c3ccc(C(=O)Nc4cc(C(F)(F)F)ccn4)cc3)cc3cncnc23)C1. The van der Waals surface area contributed by atoms with Crippen LogP contribution in [0, 0.1) is 0 Å². The van der Waals surface area contributed by atoms with E-state index in [4.69, 9.17) is 0 Å². The van der Waals surface area contributed by atoms with Crippen molar-refractivity contribution in [3.8, 4) is 11.1 Å². The van der Waals surface area contributed by atoms with E-state index in [2.05, 4.69) is 38.3 Å². The Bertz CT molecular complexity index is 1390. The lowest BCUT2D eigenvalue weighted by molar-refractivity contribution is -0.137. The lowest BCUT2D eigenvalue weighted by atomic mass is 9.91. The summed E-state index contributed by atoms with van der Waals surface area (Å²) in [6, 6.07) is 12.8. The van der Waals surface area contributed by atoms with E-state index in [0.717, 1.165) is 59.9 Å². The molecular formula is C26H22F3N5O. The van der Waals surface area contributed by atoms with Crippen LogP contribution in [0.25, 0.3) is 22.0 Å². The van der Waals surface area contributed by atoms with Gasteiger partial charge in [-0.25, -0.2) is 15.0 Å². The Labute approximate surface area is 199 Å². The maximum absolute atomic E-state index is 12.9. The number of nitrogens with one attached hydrogen (secondary N) is 1. The van der Waals surface area contributed by atoms with Crippen molar-refractivity contribution in [3.63, 3.8) is 0 Å². The van der Waals surface area contributed by atoms with E-state index in [1.165, 1.54) is 5.56 Å². The Morgan fingerprint density at radius 3 is 2.57 bits per heavy atom. The molecule has 1 aliphatic rings. The summed E-state index contributed by atoms with van der Waals surface area (Å²) >= 11 is 0. The second-order valence-electron chi connectivity index (χ2n) is 8.73. The van der Waals surface area contributed by atoms with Gasteiger partial charge in [0.25, 0.3) is 5.91 Å². The number of nitrogens with zero attached hydrogens (tertiary/aromatic N) is 4. The predicted molar refractivity (Wildman–Crippen MR) is 127 cm³/mol. The van der Waals surface area contributed by atoms with Crippen LogP contribution in [0.4, 0.5) is 19.0 Å². The van der Waals surface area contributed by atoms with Gasteiger partial charge in [-0.3, -0.25) is 4.79 Å². The Morgan fingerprint density at radius 2 is 1.86 bits per heavy atom. The molecule has 1 aliphatic heterocycles. The third-order valence-corrected chi connectivity index (χ3v) is 6.28. The zero-order chi connectivity index (χ0) is 24.6. The summed E-state index contributed by atoms with van der Waals surface area (Å²) in [5.41, 5.74) is 3.48. The third-order valence-electron chi connectivity index (χ3n) is 6.28. The summed E-state index contributed by atoms with van der Waals surface area (Å²) in [5.74, 6) is -0.318. The average Bonchev–Trinajstić information content (AvgIpc) is 3.29. The van der Waals surface area contributed by atoms with Gasteiger partial charge >= 0.3 is 6.18 Å². The first-order valence-corrected chi connectivity index (χ1v) is 11.2. The van der Waals surface area contributed by atoms with E-state index in [-0.39, 0.29) is 5.82 Å². The number of hydrogen-bond acceptors (Lipinski definition) is 5. The number of halogens is 3. The number of hydrogen-bond donors (Lipinski definition) is 1. The fourth-order valence-corrected chi connectivity index (χ4v) is 4.48. The number of pyridine rings is 1. The Morgan fingerprint density at radius 1 is 1.06 bits per heavy atom. The van der Waals surface area contributed by atoms with Gasteiger partial charge in [-0.05, 0) is 79.0 Å². The largest absolute Gasteiger partial charge is 0.416 e. The smallest absolute Gasteiger partial charge is 0.307 e. The maximum Gasteiger partial charge on any atom is 0.416 e. The van der Waals surface area contributed by atoms with E-state index in [1.54, 1.807) is 24.7 Å². The number of aromatic nitrogens is 3. The number of alkyl halides is 3. The van der Waals surface area contributed by atoms with Gasteiger partial charge in [0.1, 0.15) is 12.1 Å². The molecule has 2 aromatic carbocycles. The molecule has 1 amide bonds. The van der Waals surface area contributed by atoms with E-state index >= 15 is 0 Å². The molecule has 35 heavy (non-hydrogen) atoms. The summed E-state index contributed by atoms with van der Waals surface area (Å²) < 4.78 is 38.8. The quantitative estimate of drug-likeness (QED) is 0.427. The van der Waals surface area contributed by atoms with Gasteiger partial charge in [0.05, 0.1) is 11.1 Å². The van der Waals surface area contributed by atoms with Crippen LogP contribution in [0.15, 0.2) is 67.3 Å². The number of carbonyl (C=O) groups is 1. The van der Waals surface area contributed by atoms with E-state index in [9.17, 15) is 18.0 Å². The summed E-state index contributed by atoms with van der Waals surface area (Å²) in [7, 11) is 2.11. The van der Waals surface area contributed by atoms with Gasteiger partial charge in [0.15, 0.2) is 0 Å².